The summed E-state index contributed by atoms with van der Waals surface area (Å²) in [6.45, 7) is 10.1. The Hall–Kier alpha value is -2.99. The van der Waals surface area contributed by atoms with E-state index in [9.17, 15) is 14.4 Å². The maximum absolute atomic E-state index is 12.7. The molecule has 39 heavy (non-hydrogen) atoms. The molecule has 3 amide bonds. The van der Waals surface area contributed by atoms with Gasteiger partial charge >= 0.3 is 11.7 Å². The Morgan fingerprint density at radius 1 is 1.08 bits per heavy atom. The van der Waals surface area contributed by atoms with Crippen LogP contribution in [0.2, 0.25) is 0 Å². The molecule has 214 valence electrons. The number of carbonyl (C=O) groups excluding carboxylic acids is 2. The van der Waals surface area contributed by atoms with Crippen molar-refractivity contribution in [3.63, 3.8) is 0 Å². The Labute approximate surface area is 235 Å². The number of nitrogens with one attached hydrogen (secondary N) is 1. The third-order valence-corrected chi connectivity index (χ3v) is 7.43. The second-order valence-corrected chi connectivity index (χ2v) is 11.0. The van der Waals surface area contributed by atoms with Crippen molar-refractivity contribution >= 4 is 30.2 Å². The van der Waals surface area contributed by atoms with Gasteiger partial charge in [-0.2, -0.15) is 4.98 Å². The number of carbonyl (C=O) groups is 2. The molecule has 1 unspecified atom stereocenters. The number of urea groups is 1. The second kappa shape index (κ2) is 12.9. The van der Waals surface area contributed by atoms with Gasteiger partial charge in [-0.1, -0.05) is 12.1 Å². The zero-order valence-electron chi connectivity index (χ0n) is 23.0. The van der Waals surface area contributed by atoms with Crippen LogP contribution in [-0.4, -0.2) is 93.6 Å². The Morgan fingerprint density at radius 2 is 1.72 bits per heavy atom. The molecule has 1 aromatic heterocycles. The molecule has 2 aliphatic rings. The fourth-order valence-electron chi connectivity index (χ4n) is 4.98. The van der Waals surface area contributed by atoms with Crippen LogP contribution in [0.25, 0.3) is 5.69 Å². The second-order valence-electron chi connectivity index (χ2n) is 11.0. The average molecular weight is 561 g/mol. The molecule has 0 radical (unpaired) electrons. The quantitative estimate of drug-likeness (QED) is 0.463. The third-order valence-electron chi connectivity index (χ3n) is 7.43. The number of piperazine rings is 1. The predicted molar refractivity (Wildman–Crippen MR) is 154 cm³/mol. The first-order valence-corrected chi connectivity index (χ1v) is 13.3. The lowest BCUT2D eigenvalue weighted by atomic mass is 10.0. The van der Waals surface area contributed by atoms with Gasteiger partial charge in [-0.05, 0) is 69.8 Å². The van der Waals surface area contributed by atoms with Crippen molar-refractivity contribution in [3.05, 3.63) is 52.6 Å². The van der Waals surface area contributed by atoms with Crippen LogP contribution in [0, 0.1) is 5.92 Å². The number of benzene rings is 1. The van der Waals surface area contributed by atoms with Crippen molar-refractivity contribution in [2.45, 2.75) is 45.2 Å². The Balaban J connectivity index is 0.00000420. The summed E-state index contributed by atoms with van der Waals surface area (Å²) in [4.78, 5) is 47.5. The summed E-state index contributed by atoms with van der Waals surface area (Å²) < 4.78 is 1.45. The van der Waals surface area contributed by atoms with Gasteiger partial charge in [0.05, 0.1) is 11.2 Å². The lowest BCUT2D eigenvalue weighted by Gasteiger charge is -2.37. The molecule has 2 fully saturated rings. The number of rotatable bonds is 7. The highest BCUT2D eigenvalue weighted by Gasteiger charge is 2.31. The monoisotopic (exact) mass is 560 g/mol. The van der Waals surface area contributed by atoms with E-state index in [2.05, 4.69) is 22.1 Å². The van der Waals surface area contributed by atoms with Gasteiger partial charge < -0.3 is 26.2 Å². The van der Waals surface area contributed by atoms with E-state index in [4.69, 9.17) is 11.5 Å². The SMILES string of the molecule is CC(N)[C@@H]1CCN(CCc2ccc(-n3ccc(NC(=O)N4CCN(C(=O)C(C)(C)N)CC4)nc3=O)cc2)C1.Cl. The summed E-state index contributed by atoms with van der Waals surface area (Å²) in [5, 5.41) is 2.69. The van der Waals surface area contributed by atoms with E-state index in [0.29, 0.717) is 37.8 Å². The molecular formula is C27H41ClN8O3. The van der Waals surface area contributed by atoms with Crippen molar-refractivity contribution in [2.24, 2.45) is 17.4 Å². The molecule has 2 aromatic rings. The summed E-state index contributed by atoms with van der Waals surface area (Å²) in [5.74, 6) is 0.623. The molecule has 0 spiro atoms. The number of hydrogen-bond acceptors (Lipinski definition) is 7. The number of amides is 3. The summed E-state index contributed by atoms with van der Waals surface area (Å²) in [5.41, 5.74) is 12.4. The van der Waals surface area contributed by atoms with Gasteiger partial charge in [-0.25, -0.2) is 9.59 Å². The van der Waals surface area contributed by atoms with E-state index >= 15 is 0 Å². The fraction of sp³-hybridized carbons (Fsp3) is 0.556. The van der Waals surface area contributed by atoms with E-state index < -0.39 is 11.2 Å². The topological polar surface area (TPSA) is 143 Å². The van der Waals surface area contributed by atoms with Crippen molar-refractivity contribution in [2.75, 3.05) is 51.1 Å². The van der Waals surface area contributed by atoms with Gasteiger partial charge in [0.25, 0.3) is 0 Å². The molecule has 2 atom stereocenters. The first-order valence-electron chi connectivity index (χ1n) is 13.3. The van der Waals surface area contributed by atoms with Gasteiger partial charge in [-0.3, -0.25) is 14.7 Å². The predicted octanol–water partition coefficient (Wildman–Crippen LogP) is 1.28. The van der Waals surface area contributed by atoms with Crippen molar-refractivity contribution in [1.29, 1.82) is 0 Å². The number of aromatic nitrogens is 2. The van der Waals surface area contributed by atoms with E-state index in [1.54, 1.807) is 35.9 Å². The highest BCUT2D eigenvalue weighted by Crippen LogP contribution is 2.19. The molecule has 0 aliphatic carbocycles. The Kier molecular flexibility index (Phi) is 10.1. The summed E-state index contributed by atoms with van der Waals surface area (Å²) in [7, 11) is 0. The van der Waals surface area contributed by atoms with Crippen LogP contribution in [0.4, 0.5) is 10.6 Å². The smallest absolute Gasteiger partial charge is 0.338 e. The molecule has 1 aromatic carbocycles. The fourth-order valence-corrected chi connectivity index (χ4v) is 4.98. The van der Waals surface area contributed by atoms with Crippen LogP contribution in [0.3, 0.4) is 0 Å². The summed E-state index contributed by atoms with van der Waals surface area (Å²) >= 11 is 0. The molecule has 2 saturated heterocycles. The minimum absolute atomic E-state index is 0. The van der Waals surface area contributed by atoms with Crippen LogP contribution < -0.4 is 22.5 Å². The standard InChI is InChI=1S/C27H40N8O3.ClH/c1-19(28)21-9-12-32(18-21)11-8-20-4-6-22(7-5-20)35-13-10-23(31-26(35)38)30-25(37)34-16-14-33(15-17-34)24(36)27(2,3)29;/h4-7,10,13,19,21H,8-9,11-12,14-18,28-29H2,1-3H3,(H,30,31,37,38);1H/t19?,21-;/m1./s1. The first kappa shape index (κ1) is 30.6. The molecule has 5 N–H and O–H groups in total. The van der Waals surface area contributed by atoms with Gasteiger partial charge in [0.1, 0.15) is 5.82 Å². The Morgan fingerprint density at radius 3 is 2.28 bits per heavy atom. The third kappa shape index (κ3) is 7.78. The molecular weight excluding hydrogens is 520 g/mol. The lowest BCUT2D eigenvalue weighted by molar-refractivity contribution is -0.137. The van der Waals surface area contributed by atoms with Crippen LogP contribution in [0.15, 0.2) is 41.3 Å². The van der Waals surface area contributed by atoms with Gasteiger partial charge in [0.2, 0.25) is 5.91 Å². The van der Waals surface area contributed by atoms with Crippen molar-refractivity contribution in [3.8, 4) is 5.69 Å². The van der Waals surface area contributed by atoms with Crippen LogP contribution in [0.1, 0.15) is 32.8 Å². The maximum atomic E-state index is 12.7. The minimum atomic E-state index is -0.945. The zero-order valence-corrected chi connectivity index (χ0v) is 23.8. The number of nitrogens with zero attached hydrogens (tertiary/aromatic N) is 5. The number of nitrogens with two attached hydrogens (primary N) is 2. The van der Waals surface area contributed by atoms with Gasteiger partial charge in [-0.15, -0.1) is 12.4 Å². The molecule has 3 heterocycles. The number of anilines is 1. The Bertz CT molecular complexity index is 1190. The highest BCUT2D eigenvalue weighted by atomic mass is 35.5. The minimum Gasteiger partial charge on any atom is -0.338 e. The molecule has 2 aliphatic heterocycles. The average Bonchev–Trinajstić information content (AvgIpc) is 3.37. The number of hydrogen-bond donors (Lipinski definition) is 3. The van der Waals surface area contributed by atoms with E-state index in [-0.39, 0.29) is 36.2 Å². The molecule has 4 rings (SSSR count). The van der Waals surface area contributed by atoms with Crippen LogP contribution in [0.5, 0.6) is 0 Å². The van der Waals surface area contributed by atoms with Gasteiger partial charge in [0, 0.05) is 51.5 Å². The zero-order chi connectivity index (χ0) is 27.4. The van der Waals surface area contributed by atoms with Crippen molar-refractivity contribution in [1.82, 2.24) is 24.3 Å². The number of likely N-dealkylation sites (tertiary alicyclic amines) is 1. The number of halogens is 1. The maximum Gasteiger partial charge on any atom is 0.354 e. The normalized spacial score (nSPS) is 18.9. The summed E-state index contributed by atoms with van der Waals surface area (Å²) in [6, 6.07) is 9.38. The molecule has 0 bridgehead atoms. The molecule has 12 heteroatoms. The highest BCUT2D eigenvalue weighted by molar-refractivity contribution is 5.89. The largest absolute Gasteiger partial charge is 0.354 e. The van der Waals surface area contributed by atoms with Crippen molar-refractivity contribution < 1.29 is 9.59 Å². The van der Waals surface area contributed by atoms with E-state index in [1.165, 1.54) is 10.1 Å². The van der Waals surface area contributed by atoms with Gasteiger partial charge in [0.15, 0.2) is 0 Å². The first-order chi connectivity index (χ1) is 18.0. The molecule has 0 saturated carbocycles. The van der Waals surface area contributed by atoms with E-state index in [0.717, 1.165) is 32.5 Å². The van der Waals surface area contributed by atoms with Crippen LogP contribution in [-0.2, 0) is 11.2 Å². The van der Waals surface area contributed by atoms with E-state index in [1.807, 2.05) is 24.3 Å². The van der Waals surface area contributed by atoms with Crippen LogP contribution >= 0.6 is 12.4 Å². The molecule has 11 nitrogen and oxygen atoms in total. The lowest BCUT2D eigenvalue weighted by Crippen LogP contribution is -2.58. The summed E-state index contributed by atoms with van der Waals surface area (Å²) in [6.07, 6.45) is 3.71.